The minimum Gasteiger partial charge on any atom is -0.493 e. The Balaban J connectivity index is 1.63. The van der Waals surface area contributed by atoms with Crippen LogP contribution in [-0.4, -0.2) is 27.2 Å². The van der Waals surface area contributed by atoms with Gasteiger partial charge in [-0.15, -0.1) is 0 Å². The number of hydrogen-bond donors (Lipinski definition) is 2. The second-order valence-corrected chi connectivity index (χ2v) is 8.28. The van der Waals surface area contributed by atoms with Crippen LogP contribution in [0.25, 0.3) is 6.08 Å². The molecule has 1 heterocycles. The molecule has 0 fully saturated rings. The molecule has 0 spiro atoms. The summed E-state index contributed by atoms with van der Waals surface area (Å²) in [4.78, 5) is 12.2. The van der Waals surface area contributed by atoms with Crippen LogP contribution in [0.4, 0.5) is 5.69 Å². The molecular weight excluding hydrogens is 364 g/mol. The van der Waals surface area contributed by atoms with Crippen LogP contribution >= 0.6 is 0 Å². The molecule has 1 aliphatic rings. The zero-order chi connectivity index (χ0) is 19.4. The lowest BCUT2D eigenvalue weighted by atomic mass is 10.1. The Hall–Kier alpha value is -2.80. The van der Waals surface area contributed by atoms with Crippen LogP contribution in [0.15, 0.2) is 48.5 Å². The lowest BCUT2D eigenvalue weighted by molar-refractivity contribution is -0.117. The van der Waals surface area contributed by atoms with Crippen LogP contribution < -0.4 is 14.8 Å². The van der Waals surface area contributed by atoms with Crippen molar-refractivity contribution in [1.82, 2.24) is 5.32 Å². The van der Waals surface area contributed by atoms with Gasteiger partial charge in [-0.25, -0.2) is 8.42 Å². The van der Waals surface area contributed by atoms with Gasteiger partial charge in [0.25, 0.3) is 0 Å². The first-order valence-electron chi connectivity index (χ1n) is 8.62. The van der Waals surface area contributed by atoms with Gasteiger partial charge in [0, 0.05) is 18.2 Å². The molecule has 0 aliphatic carbocycles. The van der Waals surface area contributed by atoms with Crippen LogP contribution in [0, 0.1) is 0 Å². The summed E-state index contributed by atoms with van der Waals surface area (Å²) in [7, 11) is -3.34. The number of hydrogen-bond acceptors (Lipinski definition) is 4. The number of rotatable bonds is 6. The molecule has 1 aliphatic heterocycles. The van der Waals surface area contributed by atoms with Crippen LogP contribution in [0.1, 0.15) is 29.7 Å². The number of nitrogens with one attached hydrogen (secondary N) is 2. The molecule has 27 heavy (non-hydrogen) atoms. The van der Waals surface area contributed by atoms with Crippen LogP contribution in [0.5, 0.6) is 5.75 Å². The Bertz CT molecular complexity index is 983. The van der Waals surface area contributed by atoms with Gasteiger partial charge in [0.1, 0.15) is 5.75 Å². The number of sulfonamides is 1. The third-order valence-electron chi connectivity index (χ3n) is 4.19. The van der Waals surface area contributed by atoms with Gasteiger partial charge in [0.2, 0.25) is 15.9 Å². The number of anilines is 1. The minimum absolute atomic E-state index is 0.222. The van der Waals surface area contributed by atoms with E-state index >= 15 is 0 Å². The Morgan fingerprint density at radius 2 is 2.04 bits per heavy atom. The van der Waals surface area contributed by atoms with E-state index in [1.54, 1.807) is 24.3 Å². The maximum atomic E-state index is 12.2. The van der Waals surface area contributed by atoms with Gasteiger partial charge in [-0.1, -0.05) is 18.2 Å². The molecule has 2 aromatic carbocycles. The summed E-state index contributed by atoms with van der Waals surface area (Å²) in [5, 5.41) is 2.88. The van der Waals surface area contributed by atoms with E-state index in [0.717, 1.165) is 35.1 Å². The summed E-state index contributed by atoms with van der Waals surface area (Å²) in [6, 6.07) is 12.5. The average molecular weight is 386 g/mol. The molecule has 1 atom stereocenters. The first-order chi connectivity index (χ1) is 12.8. The third kappa shape index (κ3) is 5.34. The van der Waals surface area contributed by atoms with E-state index < -0.39 is 10.0 Å². The van der Waals surface area contributed by atoms with Gasteiger partial charge in [-0.2, -0.15) is 0 Å². The van der Waals surface area contributed by atoms with Crippen molar-refractivity contribution in [2.75, 3.05) is 17.6 Å². The van der Waals surface area contributed by atoms with Crippen molar-refractivity contribution < 1.29 is 17.9 Å². The topological polar surface area (TPSA) is 84.5 Å². The second kappa shape index (κ2) is 7.84. The molecule has 0 saturated carbocycles. The van der Waals surface area contributed by atoms with Crippen molar-refractivity contribution in [3.05, 3.63) is 65.2 Å². The summed E-state index contributed by atoms with van der Waals surface area (Å²) in [5.74, 6) is 0.688. The van der Waals surface area contributed by atoms with Crippen molar-refractivity contribution in [1.29, 1.82) is 0 Å². The predicted molar refractivity (Wildman–Crippen MR) is 106 cm³/mol. The van der Waals surface area contributed by atoms with Gasteiger partial charge in [-0.05, 0) is 54.0 Å². The molecule has 2 aromatic rings. The van der Waals surface area contributed by atoms with E-state index in [-0.39, 0.29) is 11.9 Å². The van der Waals surface area contributed by atoms with E-state index in [9.17, 15) is 13.2 Å². The van der Waals surface area contributed by atoms with Crippen molar-refractivity contribution in [2.24, 2.45) is 0 Å². The number of carbonyl (C=O) groups is 1. The smallest absolute Gasteiger partial charge is 0.244 e. The number of benzene rings is 2. The molecular formula is C20H22N2O4S. The first kappa shape index (κ1) is 19.0. The van der Waals surface area contributed by atoms with Gasteiger partial charge in [-0.3, -0.25) is 9.52 Å². The van der Waals surface area contributed by atoms with Gasteiger partial charge in [0.15, 0.2) is 0 Å². The fourth-order valence-corrected chi connectivity index (χ4v) is 3.47. The molecule has 0 aromatic heterocycles. The van der Waals surface area contributed by atoms with E-state index in [0.29, 0.717) is 12.3 Å². The highest BCUT2D eigenvalue weighted by Gasteiger charge is 2.12. The Labute approximate surface area is 159 Å². The Kier molecular flexibility index (Phi) is 5.51. The molecule has 142 valence electrons. The molecule has 1 unspecified atom stereocenters. The Morgan fingerprint density at radius 3 is 2.81 bits per heavy atom. The van der Waals surface area contributed by atoms with E-state index in [2.05, 4.69) is 10.0 Å². The van der Waals surface area contributed by atoms with E-state index in [4.69, 9.17) is 4.74 Å². The molecule has 2 N–H and O–H groups in total. The standard InChI is InChI=1S/C20H22N2O4S/c1-14(16-4-3-5-18(13-16)22-27(2,24)25)21-20(23)9-7-15-6-8-19-17(12-15)10-11-26-19/h3-9,12-14,22H,10-11H2,1-2H3,(H,21,23). The normalized spacial score (nSPS) is 14.4. The van der Waals surface area contributed by atoms with Crippen molar-refractivity contribution in [2.45, 2.75) is 19.4 Å². The largest absolute Gasteiger partial charge is 0.493 e. The Morgan fingerprint density at radius 1 is 1.22 bits per heavy atom. The lowest BCUT2D eigenvalue weighted by Gasteiger charge is -2.14. The number of fused-ring (bicyclic) bond motifs is 1. The number of ether oxygens (including phenoxy) is 1. The number of amides is 1. The minimum atomic E-state index is -3.34. The maximum Gasteiger partial charge on any atom is 0.244 e. The average Bonchev–Trinajstić information content (AvgIpc) is 3.06. The SMILES string of the molecule is CC(NC(=O)C=Cc1ccc2c(c1)CCO2)c1cccc(NS(C)(=O)=O)c1. The van der Waals surface area contributed by atoms with Crippen molar-refractivity contribution >= 4 is 27.7 Å². The summed E-state index contributed by atoms with van der Waals surface area (Å²) < 4.78 is 30.6. The summed E-state index contributed by atoms with van der Waals surface area (Å²) in [5.41, 5.74) is 3.37. The highest BCUT2D eigenvalue weighted by molar-refractivity contribution is 7.92. The fraction of sp³-hybridized carbons (Fsp3) is 0.250. The van der Waals surface area contributed by atoms with E-state index in [1.807, 2.05) is 31.2 Å². The summed E-state index contributed by atoms with van der Waals surface area (Å²) in [6.07, 6.45) is 5.24. The van der Waals surface area contributed by atoms with Crippen LogP contribution in [-0.2, 0) is 21.2 Å². The maximum absolute atomic E-state index is 12.2. The van der Waals surface area contributed by atoms with Gasteiger partial charge in [0.05, 0.1) is 18.9 Å². The quantitative estimate of drug-likeness (QED) is 0.748. The highest BCUT2D eigenvalue weighted by atomic mass is 32.2. The van der Waals surface area contributed by atoms with Gasteiger partial charge < -0.3 is 10.1 Å². The highest BCUT2D eigenvalue weighted by Crippen LogP contribution is 2.26. The second-order valence-electron chi connectivity index (χ2n) is 6.53. The first-order valence-corrected chi connectivity index (χ1v) is 10.5. The fourth-order valence-electron chi connectivity index (χ4n) is 2.91. The molecule has 1 amide bonds. The van der Waals surface area contributed by atoms with Crippen molar-refractivity contribution in [3.63, 3.8) is 0 Å². The zero-order valence-electron chi connectivity index (χ0n) is 15.2. The van der Waals surface area contributed by atoms with Crippen LogP contribution in [0.2, 0.25) is 0 Å². The summed E-state index contributed by atoms with van der Waals surface area (Å²) in [6.45, 7) is 2.55. The predicted octanol–water partition coefficient (Wildman–Crippen LogP) is 2.88. The summed E-state index contributed by atoms with van der Waals surface area (Å²) >= 11 is 0. The molecule has 3 rings (SSSR count). The van der Waals surface area contributed by atoms with Crippen molar-refractivity contribution in [3.8, 4) is 5.75 Å². The monoisotopic (exact) mass is 386 g/mol. The zero-order valence-corrected chi connectivity index (χ0v) is 16.0. The van der Waals surface area contributed by atoms with E-state index in [1.165, 1.54) is 6.08 Å². The molecule has 7 heteroatoms. The number of carbonyl (C=O) groups excluding carboxylic acids is 1. The van der Waals surface area contributed by atoms with Crippen LogP contribution in [0.3, 0.4) is 0 Å². The lowest BCUT2D eigenvalue weighted by Crippen LogP contribution is -2.24. The molecule has 0 radical (unpaired) electrons. The third-order valence-corrected chi connectivity index (χ3v) is 4.80. The van der Waals surface area contributed by atoms with Gasteiger partial charge >= 0.3 is 0 Å². The molecule has 0 saturated heterocycles. The molecule has 6 nitrogen and oxygen atoms in total. The molecule has 0 bridgehead atoms.